The number of ether oxygens (including phenoxy) is 5. The summed E-state index contributed by atoms with van der Waals surface area (Å²) in [4.78, 5) is 25.1. The zero-order valence-corrected chi connectivity index (χ0v) is 25.9. The summed E-state index contributed by atoms with van der Waals surface area (Å²) < 4.78 is 29.1. The van der Waals surface area contributed by atoms with E-state index in [1.54, 1.807) is 0 Å². The summed E-state index contributed by atoms with van der Waals surface area (Å²) in [6.07, 6.45) is -5.20. The number of rotatable bonds is 12. The number of carbonyl (C=O) groups excluding carboxylic acids is 2. The van der Waals surface area contributed by atoms with Crippen molar-refractivity contribution in [2.75, 3.05) is 19.8 Å². The number of benzene rings is 2. The maximum absolute atomic E-state index is 12.9. The zero-order valence-electron chi connectivity index (χ0n) is 24.9. The average molecular weight is 604 g/mol. The van der Waals surface area contributed by atoms with Crippen molar-refractivity contribution in [2.45, 2.75) is 82.4 Å². The van der Waals surface area contributed by atoms with Crippen LogP contribution in [0.1, 0.15) is 31.9 Å². The second-order valence-electron chi connectivity index (χ2n) is 11.2. The molecule has 0 saturated carbocycles. The molecular formula is C30H43N2O9Si. The lowest BCUT2D eigenvalue weighted by atomic mass is 9.96. The minimum atomic E-state index is -1.63. The SMILES string of the molecule is C[Si](C)[C@@]1(OCCNC(=O)OCc2ccccc2)O[C@H](COC(C)(C)C)[C@@H](O)[C@H](O)[C@H]1NC(=O)OCc1ccccc1. The van der Waals surface area contributed by atoms with Gasteiger partial charge in [-0.15, -0.1) is 0 Å². The van der Waals surface area contributed by atoms with Crippen molar-refractivity contribution < 1.29 is 43.5 Å². The van der Waals surface area contributed by atoms with Crippen LogP contribution in [0, 0.1) is 0 Å². The van der Waals surface area contributed by atoms with Gasteiger partial charge in [0, 0.05) is 6.54 Å². The molecule has 2 amide bonds. The Kier molecular flexibility index (Phi) is 12.3. The molecule has 231 valence electrons. The van der Waals surface area contributed by atoms with E-state index in [1.807, 2.05) is 94.5 Å². The van der Waals surface area contributed by atoms with Gasteiger partial charge < -0.3 is 44.5 Å². The molecule has 12 heteroatoms. The van der Waals surface area contributed by atoms with Crippen molar-refractivity contribution >= 4 is 21.0 Å². The number of hydrogen-bond donors (Lipinski definition) is 4. The van der Waals surface area contributed by atoms with Gasteiger partial charge in [0.2, 0.25) is 0 Å². The molecule has 1 fully saturated rings. The van der Waals surface area contributed by atoms with E-state index in [1.165, 1.54) is 0 Å². The third-order valence-electron chi connectivity index (χ3n) is 6.57. The van der Waals surface area contributed by atoms with Crippen LogP contribution in [0.2, 0.25) is 13.1 Å². The highest BCUT2D eigenvalue weighted by atomic mass is 28.3. The van der Waals surface area contributed by atoms with E-state index in [0.717, 1.165) is 11.1 Å². The standard InChI is InChI=1S/C30H43N2O9Si/c1-29(2,3)40-20-23-24(33)25(34)26(32-28(36)38-19-22-14-10-7-11-15-22)30(41-23,42(4)5)39-17-16-31-27(35)37-18-21-12-8-6-9-13-21/h6-15,23-26,33-34H,16-20H2,1-5H3,(H,31,35)(H,32,36)/t23-,24-,25+,26-,30+/m1/s1. The van der Waals surface area contributed by atoms with Crippen molar-refractivity contribution in [3.05, 3.63) is 71.8 Å². The Morgan fingerprint density at radius 1 is 0.905 bits per heavy atom. The summed E-state index contributed by atoms with van der Waals surface area (Å²) in [5.74, 6) is 0. The second kappa shape index (κ2) is 15.5. The van der Waals surface area contributed by atoms with Crippen molar-refractivity contribution in [2.24, 2.45) is 0 Å². The van der Waals surface area contributed by atoms with Gasteiger partial charge in [-0.1, -0.05) is 73.8 Å². The molecule has 0 aromatic heterocycles. The minimum Gasteiger partial charge on any atom is -0.445 e. The maximum Gasteiger partial charge on any atom is 0.407 e. The van der Waals surface area contributed by atoms with Gasteiger partial charge in [0.05, 0.1) is 18.8 Å². The molecule has 42 heavy (non-hydrogen) atoms. The molecule has 5 atom stereocenters. The number of carbonyl (C=O) groups is 2. The van der Waals surface area contributed by atoms with Crippen molar-refractivity contribution in [3.8, 4) is 0 Å². The van der Waals surface area contributed by atoms with E-state index < -0.39 is 56.3 Å². The Hall–Kier alpha value is -3.00. The second-order valence-corrected chi connectivity index (χ2v) is 13.9. The summed E-state index contributed by atoms with van der Waals surface area (Å²) in [6, 6.07) is 17.3. The number of aliphatic hydroxyl groups excluding tert-OH is 2. The monoisotopic (exact) mass is 603 g/mol. The van der Waals surface area contributed by atoms with Crippen LogP contribution in [0.5, 0.6) is 0 Å². The lowest BCUT2D eigenvalue weighted by molar-refractivity contribution is -0.302. The van der Waals surface area contributed by atoms with E-state index in [4.69, 9.17) is 23.7 Å². The normalized spacial score (nSPS) is 24.2. The van der Waals surface area contributed by atoms with Crippen LogP contribution < -0.4 is 10.6 Å². The van der Waals surface area contributed by atoms with Crippen LogP contribution in [-0.2, 0) is 36.9 Å². The Bertz CT molecular complexity index is 1120. The molecule has 0 unspecified atom stereocenters. The van der Waals surface area contributed by atoms with Crippen LogP contribution in [0.3, 0.4) is 0 Å². The number of hydrogen-bond acceptors (Lipinski definition) is 9. The molecule has 1 saturated heterocycles. The van der Waals surface area contributed by atoms with Gasteiger partial charge in [-0.05, 0) is 31.9 Å². The maximum atomic E-state index is 12.9. The molecule has 1 aliphatic heterocycles. The van der Waals surface area contributed by atoms with E-state index in [9.17, 15) is 19.8 Å². The quantitative estimate of drug-likeness (QED) is 0.212. The molecular weight excluding hydrogens is 560 g/mol. The van der Waals surface area contributed by atoms with Gasteiger partial charge in [-0.25, -0.2) is 9.59 Å². The number of amides is 2. The van der Waals surface area contributed by atoms with Crippen molar-refractivity contribution in [3.63, 3.8) is 0 Å². The van der Waals surface area contributed by atoms with Crippen LogP contribution in [0.4, 0.5) is 9.59 Å². The molecule has 0 spiro atoms. The fourth-order valence-corrected chi connectivity index (χ4v) is 6.02. The van der Waals surface area contributed by atoms with E-state index >= 15 is 0 Å². The first-order valence-corrected chi connectivity index (χ1v) is 16.5. The van der Waals surface area contributed by atoms with E-state index in [-0.39, 0.29) is 33.0 Å². The first-order valence-electron chi connectivity index (χ1n) is 14.0. The van der Waals surface area contributed by atoms with Crippen LogP contribution in [-0.4, -0.2) is 86.3 Å². The highest BCUT2D eigenvalue weighted by Crippen LogP contribution is 2.34. The Balaban J connectivity index is 1.69. The number of alkyl carbamates (subject to hydrolysis) is 2. The lowest BCUT2D eigenvalue weighted by Crippen LogP contribution is -2.75. The van der Waals surface area contributed by atoms with E-state index in [0.29, 0.717) is 0 Å². The first-order chi connectivity index (χ1) is 19.9. The van der Waals surface area contributed by atoms with Gasteiger partial charge in [0.25, 0.3) is 0 Å². The van der Waals surface area contributed by atoms with Crippen LogP contribution in [0.15, 0.2) is 60.7 Å². The Morgan fingerprint density at radius 2 is 1.45 bits per heavy atom. The third-order valence-corrected chi connectivity index (χ3v) is 8.54. The molecule has 2 aromatic carbocycles. The summed E-state index contributed by atoms with van der Waals surface area (Å²) >= 11 is 0. The fraction of sp³-hybridized carbons (Fsp3) is 0.533. The molecule has 4 N–H and O–H groups in total. The highest BCUT2D eigenvalue weighted by molar-refractivity contribution is 6.59. The van der Waals surface area contributed by atoms with Crippen LogP contribution in [0.25, 0.3) is 0 Å². The fourth-order valence-electron chi connectivity index (χ4n) is 4.37. The highest BCUT2D eigenvalue weighted by Gasteiger charge is 2.57. The predicted molar refractivity (Wildman–Crippen MR) is 157 cm³/mol. The van der Waals surface area contributed by atoms with Crippen molar-refractivity contribution in [1.29, 1.82) is 0 Å². The molecule has 11 nitrogen and oxygen atoms in total. The topological polar surface area (TPSA) is 145 Å². The number of aliphatic hydroxyl groups is 2. The molecule has 0 bridgehead atoms. The summed E-state index contributed by atoms with van der Waals surface area (Å²) in [5, 5.41) is 27.6. The average Bonchev–Trinajstić information content (AvgIpc) is 2.96. The molecule has 3 rings (SSSR count). The van der Waals surface area contributed by atoms with Crippen LogP contribution >= 0.6 is 0 Å². The van der Waals surface area contributed by atoms with E-state index in [2.05, 4.69) is 10.6 Å². The molecule has 0 aliphatic carbocycles. The molecule has 1 heterocycles. The summed E-state index contributed by atoms with van der Waals surface area (Å²) in [7, 11) is -1.63. The third kappa shape index (κ3) is 9.78. The zero-order chi connectivity index (χ0) is 30.8. The molecule has 1 aliphatic rings. The minimum absolute atomic E-state index is 0.0138. The largest absolute Gasteiger partial charge is 0.445 e. The van der Waals surface area contributed by atoms with Gasteiger partial charge in [0.15, 0.2) is 5.41 Å². The Labute approximate surface area is 249 Å². The van der Waals surface area contributed by atoms with Gasteiger partial charge in [-0.2, -0.15) is 0 Å². The lowest BCUT2D eigenvalue weighted by Gasteiger charge is -2.52. The molecule has 1 radical (unpaired) electrons. The van der Waals surface area contributed by atoms with Gasteiger partial charge >= 0.3 is 12.2 Å². The Morgan fingerprint density at radius 3 is 1.98 bits per heavy atom. The summed E-state index contributed by atoms with van der Waals surface area (Å²) in [5.41, 5.74) is -0.386. The molecule has 2 aromatic rings. The first kappa shape index (κ1) is 33.5. The van der Waals surface area contributed by atoms with Crippen molar-refractivity contribution in [1.82, 2.24) is 10.6 Å². The summed E-state index contributed by atoms with van der Waals surface area (Å²) in [6.45, 7) is 9.58. The van der Waals surface area contributed by atoms with Gasteiger partial charge in [-0.3, -0.25) is 0 Å². The number of nitrogens with one attached hydrogen (secondary N) is 2. The smallest absolute Gasteiger partial charge is 0.407 e. The predicted octanol–water partition coefficient (Wildman–Crippen LogP) is 3.15. The van der Waals surface area contributed by atoms with Gasteiger partial charge in [0.1, 0.15) is 46.4 Å².